The molecule has 0 radical (unpaired) electrons. The van der Waals surface area contributed by atoms with E-state index in [1.807, 2.05) is 32.2 Å². The number of cyclic esters (lactones) is 1. The summed E-state index contributed by atoms with van der Waals surface area (Å²) in [7, 11) is 1.96. The fourth-order valence-electron chi connectivity index (χ4n) is 11.7. The van der Waals surface area contributed by atoms with Crippen molar-refractivity contribution in [3.8, 4) is 0 Å². The summed E-state index contributed by atoms with van der Waals surface area (Å²) < 4.78 is 16.7. The summed E-state index contributed by atoms with van der Waals surface area (Å²) in [6.45, 7) is 10.1. The number of nitrogens with one attached hydrogen (secondary N) is 7. The molecule has 5 heterocycles. The second-order valence-electron chi connectivity index (χ2n) is 26.4. The first kappa shape index (κ1) is 86.8. The molecule has 5 amide bonds. The molecule has 3 aromatic heterocycles. The maximum atomic E-state index is 14.0. The number of ether oxygens (including phenoxy) is 3. The first-order chi connectivity index (χ1) is 51.0. The molecule has 12 unspecified atom stereocenters. The number of fused-ring (bicyclic) bond motifs is 2. The van der Waals surface area contributed by atoms with Crippen molar-refractivity contribution in [1.82, 2.24) is 56.4 Å². The zero-order valence-electron chi connectivity index (χ0n) is 60.1. The molecule has 2 fully saturated rings. The van der Waals surface area contributed by atoms with E-state index in [0.717, 1.165) is 26.6 Å². The van der Waals surface area contributed by atoms with E-state index in [2.05, 4.69) is 66.7 Å². The Morgan fingerprint density at radius 1 is 0.815 bits per heavy atom. The van der Waals surface area contributed by atoms with Gasteiger partial charge in [0.2, 0.25) is 29.6 Å². The summed E-state index contributed by atoms with van der Waals surface area (Å²) in [6, 6.07) is -3.57. The van der Waals surface area contributed by atoms with Gasteiger partial charge in [-0.05, 0) is 87.8 Å². The van der Waals surface area contributed by atoms with Gasteiger partial charge in [-0.2, -0.15) is 4.98 Å². The Morgan fingerprint density at radius 3 is 2.09 bits per heavy atom. The molecule has 108 heavy (non-hydrogen) atoms. The Balaban J connectivity index is 0.985. The van der Waals surface area contributed by atoms with Crippen LogP contribution in [-0.2, 0) is 68.7 Å². The lowest BCUT2D eigenvalue weighted by Crippen LogP contribution is -2.58. The number of carboxylic acid groups (broad SMARTS) is 4. The molecule has 0 saturated carbocycles. The van der Waals surface area contributed by atoms with Crippen molar-refractivity contribution in [3.05, 3.63) is 73.7 Å². The fourth-order valence-corrected chi connectivity index (χ4v) is 14.3. The average molecular weight is 1570 g/mol. The molecular formula is C67H92N16O22S3. The van der Waals surface area contributed by atoms with Gasteiger partial charge in [-0.1, -0.05) is 55.7 Å². The molecule has 13 atom stereocenters. The summed E-state index contributed by atoms with van der Waals surface area (Å²) in [5.74, 6) is -15.1. The number of carbonyl (C=O) groups excluding carboxylic acids is 8. The van der Waals surface area contributed by atoms with Gasteiger partial charge < -0.3 is 94.0 Å². The number of Topliss-reactive ketones (excluding diaryl/α,β-unsaturated/α-hetero) is 1. The molecular weight excluding hydrogens is 1480 g/mol. The standard InChI is InChI=1S/C67H92N16O22S3/c1-32-9-7-11-45-46(26-47(33(2)23-38-30-106-35(4)74-38)105-52(90)27-48(84)67(5,6)55(92)34(3)54(32)91)83(45)19-20-103-66(102)104-21-22-107-108-31-44(63(100)101)80-60(96)43(25-51(88)89)79-58(94)40(10-8-18-71-64(68)69)77-59(95)42(24-50(86)87)76-49(85)17-16-41(62(98)99)78-57(93)36-12-14-37(15-13-36)72-28-39-29-73-56-53(75-39)61(97)82-65(70)81-56/h12-15,23,29-30,32,34,40-48,54,72,84,91H,7-11,16-22,24-28,31H2,1-6H3,(H,76,85)(H,77,95)(H,78,93)(H,79,94)(H,80,96)(H,86,87)(H,88,89)(H,98,99)(H,100,101)(H4,68,69,71)(H3,70,73,81,82,97)/b33-23+/t32?,34?,40?,41?,42?,43?,44-,45?,46?,47?,48?,54?,83?/m0/s1. The molecule has 2 saturated heterocycles. The van der Waals surface area contributed by atoms with Crippen LogP contribution >= 0.6 is 32.9 Å². The fraction of sp³-hybridized carbons (Fsp3) is 0.552. The predicted molar refractivity (Wildman–Crippen MR) is 393 cm³/mol. The summed E-state index contributed by atoms with van der Waals surface area (Å²) in [4.78, 5) is 194. The number of carbonyl (C=O) groups is 12. The van der Waals surface area contributed by atoms with E-state index in [4.69, 9.17) is 31.4 Å². The third-order valence-electron chi connectivity index (χ3n) is 17.8. The Labute approximate surface area is 630 Å². The highest BCUT2D eigenvalue weighted by molar-refractivity contribution is 8.76. The number of aliphatic hydroxyl groups is 2. The van der Waals surface area contributed by atoms with E-state index in [1.165, 1.54) is 41.8 Å². The first-order valence-electron chi connectivity index (χ1n) is 34.3. The summed E-state index contributed by atoms with van der Waals surface area (Å²) in [6.07, 6.45) is -3.16. The van der Waals surface area contributed by atoms with E-state index in [-0.39, 0.29) is 110 Å². The minimum absolute atomic E-state index is 0.000727. The number of guanidine groups is 1. The molecule has 4 aromatic rings. The third-order valence-corrected chi connectivity index (χ3v) is 21.0. The Kier molecular flexibility index (Phi) is 33.2. The summed E-state index contributed by atoms with van der Waals surface area (Å²) in [5, 5.41) is 78.9. The molecule has 0 aliphatic carbocycles. The maximum absolute atomic E-state index is 14.0. The molecule has 2 aliphatic rings. The maximum Gasteiger partial charge on any atom is 0.508 e. The number of hydrogen-bond acceptors (Lipinski definition) is 29. The van der Waals surface area contributed by atoms with Gasteiger partial charge in [0.25, 0.3) is 11.5 Å². The van der Waals surface area contributed by atoms with Gasteiger partial charge in [0.05, 0.1) is 66.0 Å². The first-order valence-corrected chi connectivity index (χ1v) is 37.7. The number of rotatable bonds is 36. The van der Waals surface area contributed by atoms with Crippen molar-refractivity contribution in [1.29, 1.82) is 0 Å². The monoisotopic (exact) mass is 1570 g/mol. The van der Waals surface area contributed by atoms with Crippen LogP contribution in [0.3, 0.4) is 0 Å². The zero-order chi connectivity index (χ0) is 79.7. The van der Waals surface area contributed by atoms with E-state index in [1.54, 1.807) is 20.8 Å². The van der Waals surface area contributed by atoms with Crippen molar-refractivity contribution in [2.24, 2.45) is 33.7 Å². The smallest absolute Gasteiger partial charge is 0.481 e. The number of esters is 1. The van der Waals surface area contributed by atoms with Crippen molar-refractivity contribution >= 4 is 139 Å². The van der Waals surface area contributed by atoms with Crippen LogP contribution in [-0.4, -0.2) is 236 Å². The number of thiazole rings is 1. The molecule has 590 valence electrons. The highest BCUT2D eigenvalue weighted by Crippen LogP contribution is 2.39. The number of nitrogen functional groups attached to an aromatic ring is 1. The minimum Gasteiger partial charge on any atom is -0.481 e. The van der Waals surface area contributed by atoms with Gasteiger partial charge >= 0.3 is 36.0 Å². The number of hydrogen-bond donors (Lipinski definition) is 16. The second kappa shape index (κ2) is 41.3. The summed E-state index contributed by atoms with van der Waals surface area (Å²) >= 11 is 1.45. The number of aromatic nitrogens is 5. The molecule has 41 heteroatoms. The number of aliphatic carboxylic acids is 4. The number of carboxylic acids is 4. The number of aromatic amines is 1. The quantitative estimate of drug-likeness (QED) is 0.00748. The Bertz CT molecular complexity index is 4010. The number of aryl methyl sites for hydroxylation is 1. The van der Waals surface area contributed by atoms with Crippen LogP contribution in [0.1, 0.15) is 132 Å². The lowest BCUT2D eigenvalue weighted by Gasteiger charge is -2.34. The van der Waals surface area contributed by atoms with Gasteiger partial charge in [0, 0.05) is 72.1 Å². The van der Waals surface area contributed by atoms with Crippen LogP contribution in [0.5, 0.6) is 0 Å². The predicted octanol–water partition coefficient (Wildman–Crippen LogP) is 0.818. The number of aliphatic imine (C=N–C) groups is 1. The molecule has 19 N–H and O–H groups in total. The highest BCUT2D eigenvalue weighted by Gasteiger charge is 2.49. The number of nitrogens with zero attached hydrogens (tertiary/aromatic N) is 6. The third kappa shape index (κ3) is 27.3. The number of nitrogens with two attached hydrogens (primary N) is 3. The SMILES string of the molecule is C/C(=C\c1csc(C)n1)C1CC2C(CCCC(C)C(O)C(C)C(=O)C(C)(C)C(O)CC(=O)O1)N2CCOC(=O)OCCSSC[C@H](NC(=O)C(CC(=O)O)NC(=O)C(CCCN=C(N)N)NC(=O)C(CC(=O)O)NC(=O)CCC(NC(=O)c1ccc(NCc2cnc3nc(N)[nH]c(=O)c3n2)cc1)C(=O)O)C(=O)O. The lowest BCUT2D eigenvalue weighted by atomic mass is 9.73. The number of amides is 5. The topological polar surface area (TPSA) is 604 Å². The van der Waals surface area contributed by atoms with Crippen molar-refractivity contribution in [2.75, 3.05) is 48.9 Å². The summed E-state index contributed by atoms with van der Waals surface area (Å²) in [5.41, 5.74) is 16.7. The van der Waals surface area contributed by atoms with Gasteiger partial charge in [-0.3, -0.25) is 62.8 Å². The van der Waals surface area contributed by atoms with Gasteiger partial charge in [-0.25, -0.2) is 29.3 Å². The van der Waals surface area contributed by atoms with Crippen LogP contribution in [0.25, 0.3) is 17.2 Å². The molecule has 1 aromatic carbocycles. The van der Waals surface area contributed by atoms with Crippen LogP contribution in [0.15, 0.2) is 51.2 Å². The number of aliphatic hydroxyl groups excluding tert-OH is 2. The van der Waals surface area contributed by atoms with Crippen molar-refractivity contribution in [3.63, 3.8) is 0 Å². The van der Waals surface area contributed by atoms with Crippen molar-refractivity contribution in [2.45, 2.75) is 179 Å². The van der Waals surface area contributed by atoms with Gasteiger partial charge in [0.15, 0.2) is 17.1 Å². The van der Waals surface area contributed by atoms with E-state index in [9.17, 15) is 93.0 Å². The van der Waals surface area contributed by atoms with Crippen LogP contribution in [0, 0.1) is 24.2 Å². The Morgan fingerprint density at radius 2 is 1.45 bits per heavy atom. The van der Waals surface area contributed by atoms with E-state index in [0.29, 0.717) is 48.3 Å². The van der Waals surface area contributed by atoms with Gasteiger partial charge in [-0.15, -0.1) is 11.3 Å². The zero-order valence-corrected chi connectivity index (χ0v) is 62.5. The minimum atomic E-state index is -2.00. The van der Waals surface area contributed by atoms with Crippen LogP contribution in [0.2, 0.25) is 0 Å². The van der Waals surface area contributed by atoms with E-state index < -0.39 is 163 Å². The molecule has 6 rings (SSSR count). The highest BCUT2D eigenvalue weighted by atomic mass is 33.1. The number of benzene rings is 1. The second-order valence-corrected chi connectivity index (χ2v) is 30.1. The number of anilines is 2. The van der Waals surface area contributed by atoms with E-state index >= 15 is 0 Å². The normalized spacial score (nSPS) is 20.9. The molecule has 2 aliphatic heterocycles. The van der Waals surface area contributed by atoms with Crippen molar-refractivity contribution < 1.29 is 102 Å². The lowest BCUT2D eigenvalue weighted by molar-refractivity contribution is -0.155. The molecule has 0 spiro atoms. The largest absolute Gasteiger partial charge is 0.508 e. The van der Waals surface area contributed by atoms with Crippen LogP contribution in [0.4, 0.5) is 16.4 Å². The molecule has 38 nitrogen and oxygen atoms in total. The average Bonchev–Trinajstić information content (AvgIpc) is 1.61. The number of ketones is 1. The molecule has 0 bridgehead atoms. The Hall–Kier alpha value is -10.1. The van der Waals surface area contributed by atoms with Gasteiger partial charge in [0.1, 0.15) is 55.3 Å². The van der Waals surface area contributed by atoms with Crippen LogP contribution < -0.4 is 54.7 Å². The number of H-pyrrole nitrogens is 1.